The lowest BCUT2D eigenvalue weighted by atomic mass is 10.1. The van der Waals surface area contributed by atoms with E-state index in [9.17, 15) is 0 Å². The third kappa shape index (κ3) is 2.65. The molecule has 0 amide bonds. The summed E-state index contributed by atoms with van der Waals surface area (Å²) in [6.45, 7) is 2.74. The number of benzene rings is 2. The molecule has 0 unspecified atom stereocenters. The summed E-state index contributed by atoms with van der Waals surface area (Å²) in [5, 5.41) is 0. The Hall–Kier alpha value is -1.25. The highest BCUT2D eigenvalue weighted by Crippen LogP contribution is 2.30. The maximum Gasteiger partial charge on any atom is 0.0178 e. The topological polar surface area (TPSA) is 26.0 Å². The summed E-state index contributed by atoms with van der Waals surface area (Å²) < 4.78 is 0. The molecule has 0 saturated carbocycles. The molecule has 1 nitrogen and oxygen atoms in total. The van der Waals surface area contributed by atoms with Crippen molar-refractivity contribution >= 4 is 11.8 Å². The second-order valence-electron chi connectivity index (χ2n) is 3.72. The highest BCUT2D eigenvalue weighted by molar-refractivity contribution is 7.99. The maximum absolute atomic E-state index is 5.61. The average molecular weight is 229 g/mol. The average Bonchev–Trinajstić information content (AvgIpc) is 2.33. The first kappa shape index (κ1) is 11.2. The zero-order valence-corrected chi connectivity index (χ0v) is 10.1. The minimum absolute atomic E-state index is 0.608. The van der Waals surface area contributed by atoms with Gasteiger partial charge < -0.3 is 5.73 Å². The molecule has 2 N–H and O–H groups in total. The van der Waals surface area contributed by atoms with Crippen LogP contribution in [0.25, 0.3) is 0 Å². The summed E-state index contributed by atoms with van der Waals surface area (Å²) in [6, 6.07) is 16.8. The molecule has 0 heterocycles. The van der Waals surface area contributed by atoms with Gasteiger partial charge in [-0.05, 0) is 36.2 Å². The minimum atomic E-state index is 0.608. The third-order valence-corrected chi connectivity index (χ3v) is 3.63. The summed E-state index contributed by atoms with van der Waals surface area (Å²) in [7, 11) is 0. The van der Waals surface area contributed by atoms with Crippen LogP contribution in [0.5, 0.6) is 0 Å². The first-order valence-corrected chi connectivity index (χ1v) is 6.14. The predicted octanol–water partition coefficient (Wildman–Crippen LogP) is 3.60. The molecule has 0 bridgehead atoms. The van der Waals surface area contributed by atoms with Gasteiger partial charge >= 0.3 is 0 Å². The highest BCUT2D eigenvalue weighted by atomic mass is 32.2. The number of hydrogen-bond acceptors (Lipinski definition) is 2. The van der Waals surface area contributed by atoms with E-state index in [1.165, 1.54) is 20.9 Å². The van der Waals surface area contributed by atoms with E-state index in [0.717, 1.165) is 0 Å². The summed E-state index contributed by atoms with van der Waals surface area (Å²) >= 11 is 1.79. The van der Waals surface area contributed by atoms with Gasteiger partial charge in [0, 0.05) is 16.3 Å². The lowest BCUT2D eigenvalue weighted by molar-refractivity contribution is 1.06. The van der Waals surface area contributed by atoms with Crippen molar-refractivity contribution in [1.82, 2.24) is 0 Å². The second kappa shape index (κ2) is 5.19. The van der Waals surface area contributed by atoms with Crippen molar-refractivity contribution in [2.75, 3.05) is 0 Å². The van der Waals surface area contributed by atoms with Gasteiger partial charge in [0.1, 0.15) is 0 Å². The molecular weight excluding hydrogens is 214 g/mol. The van der Waals surface area contributed by atoms with E-state index in [0.29, 0.717) is 6.54 Å². The Morgan fingerprint density at radius 2 is 1.81 bits per heavy atom. The van der Waals surface area contributed by atoms with Gasteiger partial charge in [-0.25, -0.2) is 0 Å². The Bertz CT molecular complexity index is 465. The molecule has 0 spiro atoms. The van der Waals surface area contributed by atoms with Crippen LogP contribution in [0, 0.1) is 6.92 Å². The van der Waals surface area contributed by atoms with E-state index >= 15 is 0 Å². The molecule has 82 valence electrons. The zero-order chi connectivity index (χ0) is 11.4. The molecule has 2 aromatic rings. The predicted molar refractivity (Wildman–Crippen MR) is 69.6 cm³/mol. The number of aryl methyl sites for hydroxylation is 1. The van der Waals surface area contributed by atoms with Crippen molar-refractivity contribution in [3.8, 4) is 0 Å². The van der Waals surface area contributed by atoms with Crippen molar-refractivity contribution in [2.24, 2.45) is 5.73 Å². The van der Waals surface area contributed by atoms with Crippen LogP contribution >= 0.6 is 11.8 Å². The van der Waals surface area contributed by atoms with Gasteiger partial charge in [-0.2, -0.15) is 0 Å². The second-order valence-corrected chi connectivity index (χ2v) is 4.83. The Labute approximate surface area is 101 Å². The molecule has 2 aromatic carbocycles. The van der Waals surface area contributed by atoms with Gasteiger partial charge in [-0.1, -0.05) is 42.1 Å². The van der Waals surface area contributed by atoms with Crippen molar-refractivity contribution in [1.29, 1.82) is 0 Å². The Morgan fingerprint density at radius 1 is 1.06 bits per heavy atom. The summed E-state index contributed by atoms with van der Waals surface area (Å²) in [6.07, 6.45) is 0. The van der Waals surface area contributed by atoms with E-state index in [1.807, 2.05) is 6.07 Å². The summed E-state index contributed by atoms with van der Waals surface area (Å²) in [5.74, 6) is 0. The molecule has 2 heteroatoms. The zero-order valence-electron chi connectivity index (χ0n) is 9.31. The molecule has 0 aromatic heterocycles. The highest BCUT2D eigenvalue weighted by Gasteiger charge is 2.01. The van der Waals surface area contributed by atoms with Crippen molar-refractivity contribution in [2.45, 2.75) is 23.3 Å². The first-order valence-electron chi connectivity index (χ1n) is 5.32. The van der Waals surface area contributed by atoms with Crippen LogP contribution in [0.15, 0.2) is 58.3 Å². The standard InChI is InChI=1S/C14H15NS/c1-11-9-12(10-15)7-8-14(11)16-13-5-3-2-4-6-13/h2-9H,10,15H2,1H3. The van der Waals surface area contributed by atoms with Crippen LogP contribution in [0.1, 0.15) is 11.1 Å². The van der Waals surface area contributed by atoms with E-state index < -0.39 is 0 Å². The molecule has 0 aliphatic heterocycles. The van der Waals surface area contributed by atoms with Crippen LogP contribution < -0.4 is 5.73 Å². The quantitative estimate of drug-likeness (QED) is 0.870. The van der Waals surface area contributed by atoms with E-state index in [4.69, 9.17) is 5.73 Å². The largest absolute Gasteiger partial charge is 0.326 e. The van der Waals surface area contributed by atoms with Crippen LogP contribution in [0.2, 0.25) is 0 Å². The first-order chi connectivity index (χ1) is 7.79. The molecule has 0 fully saturated rings. The van der Waals surface area contributed by atoms with Crippen molar-refractivity contribution < 1.29 is 0 Å². The molecule has 16 heavy (non-hydrogen) atoms. The maximum atomic E-state index is 5.61. The summed E-state index contributed by atoms with van der Waals surface area (Å²) in [4.78, 5) is 2.56. The number of hydrogen-bond donors (Lipinski definition) is 1. The SMILES string of the molecule is Cc1cc(CN)ccc1Sc1ccccc1. The lowest BCUT2D eigenvalue weighted by Crippen LogP contribution is -1.96. The van der Waals surface area contributed by atoms with Crippen LogP contribution in [0.3, 0.4) is 0 Å². The van der Waals surface area contributed by atoms with E-state index in [-0.39, 0.29) is 0 Å². The Kier molecular flexibility index (Phi) is 3.65. The monoisotopic (exact) mass is 229 g/mol. The van der Waals surface area contributed by atoms with Crippen molar-refractivity contribution in [3.63, 3.8) is 0 Å². The molecule has 0 radical (unpaired) electrons. The van der Waals surface area contributed by atoms with Crippen molar-refractivity contribution in [3.05, 3.63) is 59.7 Å². The normalized spacial score (nSPS) is 10.4. The molecule has 0 atom stereocenters. The Balaban J connectivity index is 2.22. The minimum Gasteiger partial charge on any atom is -0.326 e. The fourth-order valence-electron chi connectivity index (χ4n) is 1.57. The van der Waals surface area contributed by atoms with Crippen LogP contribution in [-0.2, 0) is 6.54 Å². The van der Waals surface area contributed by atoms with Gasteiger partial charge in [-0.3, -0.25) is 0 Å². The molecular formula is C14H15NS. The van der Waals surface area contributed by atoms with E-state index in [2.05, 4.69) is 49.4 Å². The summed E-state index contributed by atoms with van der Waals surface area (Å²) in [5.41, 5.74) is 8.09. The lowest BCUT2D eigenvalue weighted by Gasteiger charge is -2.07. The van der Waals surface area contributed by atoms with Crippen LogP contribution in [-0.4, -0.2) is 0 Å². The molecule has 0 saturated heterocycles. The van der Waals surface area contributed by atoms with Gasteiger partial charge in [0.2, 0.25) is 0 Å². The van der Waals surface area contributed by atoms with Gasteiger partial charge in [0.25, 0.3) is 0 Å². The van der Waals surface area contributed by atoms with E-state index in [1.54, 1.807) is 11.8 Å². The fourth-order valence-corrected chi connectivity index (χ4v) is 2.47. The van der Waals surface area contributed by atoms with Gasteiger partial charge in [-0.15, -0.1) is 0 Å². The smallest absolute Gasteiger partial charge is 0.0178 e. The van der Waals surface area contributed by atoms with Gasteiger partial charge in [0.05, 0.1) is 0 Å². The number of rotatable bonds is 3. The fraction of sp³-hybridized carbons (Fsp3) is 0.143. The van der Waals surface area contributed by atoms with Crippen LogP contribution in [0.4, 0.5) is 0 Å². The molecule has 0 aliphatic carbocycles. The van der Waals surface area contributed by atoms with Gasteiger partial charge in [0.15, 0.2) is 0 Å². The third-order valence-electron chi connectivity index (χ3n) is 2.45. The number of nitrogens with two attached hydrogens (primary N) is 1. The molecule has 0 aliphatic rings. The molecule has 2 rings (SSSR count). The Morgan fingerprint density at radius 3 is 2.44 bits per heavy atom.